The lowest BCUT2D eigenvalue weighted by molar-refractivity contribution is 0.596. The smallest absolute Gasteiger partial charge is 0.0796 e. The van der Waals surface area contributed by atoms with Crippen molar-refractivity contribution in [2.24, 2.45) is 5.92 Å². The highest BCUT2D eigenvalue weighted by Gasteiger charge is 2.21. The summed E-state index contributed by atoms with van der Waals surface area (Å²) in [7, 11) is 0. The summed E-state index contributed by atoms with van der Waals surface area (Å²) < 4.78 is 1.38. The van der Waals surface area contributed by atoms with Gasteiger partial charge in [0.2, 0.25) is 0 Å². The summed E-state index contributed by atoms with van der Waals surface area (Å²) in [4.78, 5) is 6.78. The molecule has 5 aromatic rings. The van der Waals surface area contributed by atoms with Gasteiger partial charge in [0.05, 0.1) is 11.2 Å². The molecule has 3 aromatic carbocycles. The number of thiophene rings is 1. The van der Waals surface area contributed by atoms with Crippen molar-refractivity contribution in [2.45, 2.75) is 60.3 Å². The molecule has 0 spiro atoms. The second-order valence-electron chi connectivity index (χ2n) is 11.0. The third-order valence-corrected chi connectivity index (χ3v) is 7.68. The minimum absolute atomic E-state index is 0.0518. The van der Waals surface area contributed by atoms with Crippen molar-refractivity contribution < 1.29 is 0 Å². The van der Waals surface area contributed by atoms with E-state index in [0.717, 1.165) is 17.6 Å². The van der Waals surface area contributed by atoms with Crippen molar-refractivity contribution >= 4 is 43.1 Å². The lowest BCUT2D eigenvalue weighted by Crippen LogP contribution is -2.12. The topological polar surface area (TPSA) is 12.9 Å². The van der Waals surface area contributed by atoms with E-state index in [1.807, 2.05) is 11.3 Å². The highest BCUT2D eigenvalue weighted by molar-refractivity contribution is 7.20. The Bertz CT molecular complexity index is 1510. The molecule has 2 heteroatoms. The Hall–Kier alpha value is -2.71. The van der Waals surface area contributed by atoms with Crippen LogP contribution < -0.4 is 0 Å². The van der Waals surface area contributed by atoms with E-state index in [2.05, 4.69) is 103 Å². The predicted octanol–water partition coefficient (Wildman–Crippen LogP) is 9.38. The summed E-state index contributed by atoms with van der Waals surface area (Å²) in [5, 5.41) is 5.23. The van der Waals surface area contributed by atoms with Gasteiger partial charge in [0, 0.05) is 25.9 Å². The summed E-state index contributed by atoms with van der Waals surface area (Å²) in [6, 6.07) is 20.4. The first kappa shape index (κ1) is 22.1. The zero-order chi connectivity index (χ0) is 23.5. The third kappa shape index (κ3) is 3.95. The molecule has 0 radical (unpaired) electrons. The second-order valence-corrected chi connectivity index (χ2v) is 12.1. The van der Waals surface area contributed by atoms with Crippen LogP contribution in [0.5, 0.6) is 0 Å². The van der Waals surface area contributed by atoms with Crippen molar-refractivity contribution in [3.63, 3.8) is 0 Å². The van der Waals surface area contributed by atoms with E-state index in [9.17, 15) is 0 Å². The molecule has 0 aliphatic rings. The summed E-state index contributed by atoms with van der Waals surface area (Å²) in [6.07, 6.45) is 1.11. The van der Waals surface area contributed by atoms with E-state index in [-0.39, 0.29) is 5.41 Å². The SMILES string of the molecule is Cc1cc(C)c2c(c1)nc(-c1cc(C(C)(C)C)c3ccccc3c1)c1cc(CC(C)C)sc12. The Balaban J connectivity index is 1.89. The number of hydrogen-bond donors (Lipinski definition) is 0. The van der Waals surface area contributed by atoms with Crippen molar-refractivity contribution in [3.8, 4) is 11.3 Å². The van der Waals surface area contributed by atoms with Crippen molar-refractivity contribution in [2.75, 3.05) is 0 Å². The number of hydrogen-bond acceptors (Lipinski definition) is 2. The van der Waals surface area contributed by atoms with Crippen LogP contribution in [0, 0.1) is 19.8 Å². The molecule has 2 aromatic heterocycles. The van der Waals surface area contributed by atoms with E-state index < -0.39 is 0 Å². The second kappa shape index (κ2) is 7.95. The Morgan fingerprint density at radius 2 is 1.67 bits per heavy atom. The van der Waals surface area contributed by atoms with Crippen LogP contribution in [-0.4, -0.2) is 4.98 Å². The summed E-state index contributed by atoms with van der Waals surface area (Å²) in [5.41, 5.74) is 7.47. The Labute approximate surface area is 201 Å². The molecular weight excluding hydrogens is 418 g/mol. The van der Waals surface area contributed by atoms with Crippen LogP contribution in [0.4, 0.5) is 0 Å². The lowest BCUT2D eigenvalue weighted by atomic mass is 9.82. The maximum Gasteiger partial charge on any atom is 0.0796 e. The molecule has 5 rings (SSSR count). The first-order valence-electron chi connectivity index (χ1n) is 12.0. The number of nitrogens with zero attached hydrogens (tertiary/aromatic N) is 1. The van der Waals surface area contributed by atoms with Crippen molar-refractivity contribution in [1.29, 1.82) is 0 Å². The van der Waals surface area contributed by atoms with Crippen LogP contribution in [0.15, 0.2) is 54.6 Å². The van der Waals surface area contributed by atoms with Gasteiger partial charge in [0.15, 0.2) is 0 Å². The normalized spacial score (nSPS) is 12.5. The molecule has 0 bridgehead atoms. The summed E-state index contributed by atoms with van der Waals surface area (Å²) in [6.45, 7) is 15.9. The van der Waals surface area contributed by atoms with Crippen LogP contribution in [0.25, 0.3) is 43.0 Å². The maximum atomic E-state index is 5.32. The van der Waals surface area contributed by atoms with E-state index >= 15 is 0 Å². The number of benzene rings is 3. The van der Waals surface area contributed by atoms with Gasteiger partial charge >= 0.3 is 0 Å². The molecule has 168 valence electrons. The van der Waals surface area contributed by atoms with E-state index in [0.29, 0.717) is 5.92 Å². The highest BCUT2D eigenvalue weighted by Crippen LogP contribution is 2.42. The van der Waals surface area contributed by atoms with E-state index in [1.165, 1.54) is 53.4 Å². The Kier molecular flexibility index (Phi) is 5.33. The first-order valence-corrected chi connectivity index (χ1v) is 12.8. The maximum absolute atomic E-state index is 5.32. The number of aryl methyl sites for hydroxylation is 2. The molecule has 0 unspecified atom stereocenters. The summed E-state index contributed by atoms with van der Waals surface area (Å²) in [5.74, 6) is 0.636. The quantitative estimate of drug-likeness (QED) is 0.266. The fourth-order valence-corrected chi connectivity index (χ4v) is 6.59. The van der Waals surface area contributed by atoms with E-state index in [1.54, 1.807) is 0 Å². The average molecular weight is 452 g/mol. The molecule has 33 heavy (non-hydrogen) atoms. The number of pyridine rings is 1. The average Bonchev–Trinajstić information content (AvgIpc) is 3.13. The summed E-state index contributed by atoms with van der Waals surface area (Å²) >= 11 is 1.96. The van der Waals surface area contributed by atoms with Crippen LogP contribution >= 0.6 is 11.3 Å². The van der Waals surface area contributed by atoms with Crippen LogP contribution in [0.3, 0.4) is 0 Å². The third-order valence-electron chi connectivity index (χ3n) is 6.51. The molecule has 0 atom stereocenters. The van der Waals surface area contributed by atoms with Gasteiger partial charge in [0.1, 0.15) is 0 Å². The van der Waals surface area contributed by atoms with Crippen molar-refractivity contribution in [3.05, 3.63) is 76.2 Å². The minimum Gasteiger partial charge on any atom is -0.247 e. The van der Waals surface area contributed by atoms with E-state index in [4.69, 9.17) is 4.98 Å². The van der Waals surface area contributed by atoms with Gasteiger partial charge < -0.3 is 0 Å². The molecule has 2 heterocycles. The van der Waals surface area contributed by atoms with Gasteiger partial charge in [-0.3, -0.25) is 0 Å². The molecular formula is C31H33NS. The molecule has 0 saturated heterocycles. The lowest BCUT2D eigenvalue weighted by Gasteiger charge is -2.23. The number of rotatable bonds is 3. The van der Waals surface area contributed by atoms with Gasteiger partial charge in [-0.1, -0.05) is 65.0 Å². The molecule has 0 aliphatic heterocycles. The standard InChI is InChI=1S/C31H33NS/c1-18(2)12-23-17-25-29(32-27-14-19(3)13-20(4)28(27)30(25)33-23)22-15-21-10-8-9-11-24(21)26(16-22)31(5,6)7/h8-11,13-18H,12H2,1-7H3. The Morgan fingerprint density at radius 1 is 0.909 bits per heavy atom. The Morgan fingerprint density at radius 3 is 2.39 bits per heavy atom. The molecule has 0 amide bonds. The zero-order valence-electron chi connectivity index (χ0n) is 20.8. The van der Waals surface area contributed by atoms with Gasteiger partial charge in [-0.25, -0.2) is 4.98 Å². The molecule has 0 fully saturated rings. The molecule has 0 aliphatic carbocycles. The highest BCUT2D eigenvalue weighted by atomic mass is 32.1. The van der Waals surface area contributed by atoms with Gasteiger partial charge in [-0.2, -0.15) is 0 Å². The van der Waals surface area contributed by atoms with Gasteiger partial charge in [0.25, 0.3) is 0 Å². The predicted molar refractivity (Wildman–Crippen MR) is 147 cm³/mol. The molecule has 0 N–H and O–H groups in total. The van der Waals surface area contributed by atoms with Crippen LogP contribution in [-0.2, 0) is 11.8 Å². The monoisotopic (exact) mass is 451 g/mol. The largest absolute Gasteiger partial charge is 0.247 e. The molecule has 1 nitrogen and oxygen atoms in total. The fraction of sp³-hybridized carbons (Fsp3) is 0.323. The van der Waals surface area contributed by atoms with Crippen molar-refractivity contribution in [1.82, 2.24) is 4.98 Å². The van der Waals surface area contributed by atoms with Crippen LogP contribution in [0.2, 0.25) is 0 Å². The molecule has 0 saturated carbocycles. The van der Waals surface area contributed by atoms with Crippen LogP contribution in [0.1, 0.15) is 56.2 Å². The minimum atomic E-state index is 0.0518. The van der Waals surface area contributed by atoms with Gasteiger partial charge in [-0.15, -0.1) is 11.3 Å². The number of aromatic nitrogens is 1. The number of fused-ring (bicyclic) bond motifs is 4. The van der Waals surface area contributed by atoms with Gasteiger partial charge in [-0.05, 0) is 83.3 Å². The zero-order valence-corrected chi connectivity index (χ0v) is 21.7. The first-order chi connectivity index (χ1) is 15.6. The fourth-order valence-electron chi connectivity index (χ4n) is 5.10.